The molecule has 3 nitrogen and oxygen atoms in total. The fraction of sp³-hybridized carbons (Fsp3) is 0.533. The van der Waals surface area contributed by atoms with Crippen LogP contribution < -0.4 is 5.32 Å². The molecule has 0 unspecified atom stereocenters. The smallest absolute Gasteiger partial charge is 0.224 e. The number of halogens is 1. The number of anilines is 1. The normalized spacial score (nSPS) is 17.4. The van der Waals surface area contributed by atoms with E-state index < -0.39 is 0 Å². The average molecular weight is 325 g/mol. The Morgan fingerprint density at radius 1 is 1.42 bits per heavy atom. The largest absolute Gasteiger partial charge is 0.325 e. The van der Waals surface area contributed by atoms with Gasteiger partial charge in [-0.15, -0.1) is 0 Å². The minimum atomic E-state index is 0.124. The average Bonchev–Trinajstić information content (AvgIpc) is 2.36. The second-order valence-corrected chi connectivity index (χ2v) is 6.34. The van der Waals surface area contributed by atoms with Crippen molar-refractivity contribution in [3.63, 3.8) is 0 Å². The SMILES string of the molecule is Cc1ccc(NC(=O)CC2CCN(C)CC2)c(Br)c1. The predicted octanol–water partition coefficient (Wildman–Crippen LogP) is 3.43. The molecule has 0 aliphatic carbocycles. The van der Waals surface area contributed by atoms with Crippen LogP contribution in [0.3, 0.4) is 0 Å². The third kappa shape index (κ3) is 4.32. The second kappa shape index (κ2) is 6.53. The minimum Gasteiger partial charge on any atom is -0.325 e. The van der Waals surface area contributed by atoms with Crippen molar-refractivity contribution in [3.05, 3.63) is 28.2 Å². The fourth-order valence-corrected chi connectivity index (χ4v) is 3.04. The summed E-state index contributed by atoms with van der Waals surface area (Å²) < 4.78 is 0.948. The summed E-state index contributed by atoms with van der Waals surface area (Å²) in [5.41, 5.74) is 2.05. The topological polar surface area (TPSA) is 32.3 Å². The Morgan fingerprint density at radius 3 is 2.74 bits per heavy atom. The number of likely N-dealkylation sites (tertiary alicyclic amines) is 1. The zero-order valence-corrected chi connectivity index (χ0v) is 13.2. The summed E-state index contributed by atoms with van der Waals surface area (Å²) in [4.78, 5) is 14.4. The molecule has 1 N–H and O–H groups in total. The molecule has 2 rings (SSSR count). The number of hydrogen-bond acceptors (Lipinski definition) is 2. The van der Waals surface area contributed by atoms with Crippen molar-refractivity contribution in [2.75, 3.05) is 25.5 Å². The third-order valence-corrected chi connectivity index (χ3v) is 4.37. The summed E-state index contributed by atoms with van der Waals surface area (Å²) >= 11 is 3.49. The molecule has 1 aromatic rings. The van der Waals surface area contributed by atoms with Crippen molar-refractivity contribution < 1.29 is 4.79 Å². The van der Waals surface area contributed by atoms with E-state index in [-0.39, 0.29) is 5.91 Å². The Morgan fingerprint density at radius 2 is 2.11 bits per heavy atom. The maximum atomic E-state index is 12.1. The first-order valence-electron chi connectivity index (χ1n) is 6.79. The lowest BCUT2D eigenvalue weighted by Gasteiger charge is -2.28. The standard InChI is InChI=1S/C15H21BrN2O/c1-11-3-4-14(13(16)9-11)17-15(19)10-12-5-7-18(2)8-6-12/h3-4,9,12H,5-8,10H2,1-2H3,(H,17,19). The van der Waals surface area contributed by atoms with Crippen molar-refractivity contribution in [2.24, 2.45) is 5.92 Å². The van der Waals surface area contributed by atoms with E-state index in [0.29, 0.717) is 12.3 Å². The first-order chi connectivity index (χ1) is 9.04. The monoisotopic (exact) mass is 324 g/mol. The lowest BCUT2D eigenvalue weighted by atomic mass is 9.93. The van der Waals surface area contributed by atoms with Gasteiger partial charge in [0.15, 0.2) is 0 Å². The molecule has 4 heteroatoms. The molecule has 0 radical (unpaired) electrons. The first kappa shape index (κ1) is 14.5. The molecule has 1 aliphatic heterocycles. The number of nitrogens with zero attached hydrogens (tertiary/aromatic N) is 1. The maximum Gasteiger partial charge on any atom is 0.224 e. The third-order valence-electron chi connectivity index (χ3n) is 3.71. The maximum absolute atomic E-state index is 12.1. The molecular formula is C15H21BrN2O. The van der Waals surface area contributed by atoms with E-state index in [9.17, 15) is 4.79 Å². The molecule has 1 aromatic carbocycles. The van der Waals surface area contributed by atoms with Gasteiger partial charge in [0.2, 0.25) is 5.91 Å². The van der Waals surface area contributed by atoms with Crippen LogP contribution in [-0.4, -0.2) is 30.9 Å². The van der Waals surface area contributed by atoms with Crippen LogP contribution in [0.15, 0.2) is 22.7 Å². The summed E-state index contributed by atoms with van der Waals surface area (Å²) in [5.74, 6) is 0.652. The number of aryl methyl sites for hydroxylation is 1. The second-order valence-electron chi connectivity index (χ2n) is 5.48. The van der Waals surface area contributed by atoms with Gasteiger partial charge in [-0.1, -0.05) is 6.07 Å². The number of hydrogen-bond donors (Lipinski definition) is 1. The molecule has 1 amide bonds. The Labute approximate surface area is 123 Å². The van der Waals surface area contributed by atoms with Crippen molar-refractivity contribution >= 4 is 27.5 Å². The highest BCUT2D eigenvalue weighted by molar-refractivity contribution is 9.10. The number of benzene rings is 1. The number of rotatable bonds is 3. The summed E-state index contributed by atoms with van der Waals surface area (Å²) in [6.07, 6.45) is 2.88. The highest BCUT2D eigenvalue weighted by atomic mass is 79.9. The zero-order chi connectivity index (χ0) is 13.8. The van der Waals surface area contributed by atoms with E-state index in [2.05, 4.69) is 33.2 Å². The molecule has 0 aromatic heterocycles. The lowest BCUT2D eigenvalue weighted by Crippen LogP contribution is -2.31. The van der Waals surface area contributed by atoms with Crippen molar-refractivity contribution in [1.82, 2.24) is 4.90 Å². The Kier molecular flexibility index (Phi) is 4.99. The quantitative estimate of drug-likeness (QED) is 0.923. The molecule has 0 saturated carbocycles. The van der Waals surface area contributed by atoms with Crippen LogP contribution in [0.2, 0.25) is 0 Å². The number of piperidine rings is 1. The Hall–Kier alpha value is -0.870. The van der Waals surface area contributed by atoms with Gasteiger partial charge in [0, 0.05) is 10.9 Å². The Bertz CT molecular complexity index is 453. The minimum absolute atomic E-state index is 0.124. The number of amides is 1. The van der Waals surface area contributed by atoms with E-state index in [1.54, 1.807) is 0 Å². The van der Waals surface area contributed by atoms with Gasteiger partial charge in [0.25, 0.3) is 0 Å². The van der Waals surface area contributed by atoms with Crippen molar-refractivity contribution in [2.45, 2.75) is 26.2 Å². The van der Waals surface area contributed by atoms with Gasteiger partial charge >= 0.3 is 0 Å². The molecule has 0 atom stereocenters. The van der Waals surface area contributed by atoms with Gasteiger partial charge in [-0.25, -0.2) is 0 Å². The summed E-state index contributed by atoms with van der Waals surface area (Å²) in [7, 11) is 2.14. The van der Waals surface area contributed by atoms with Crippen molar-refractivity contribution in [1.29, 1.82) is 0 Å². The van der Waals surface area contributed by atoms with E-state index in [1.807, 2.05) is 25.1 Å². The van der Waals surface area contributed by atoms with Crippen LogP contribution in [0, 0.1) is 12.8 Å². The van der Waals surface area contributed by atoms with Crippen LogP contribution in [0.1, 0.15) is 24.8 Å². The van der Waals surface area contributed by atoms with Gasteiger partial charge in [-0.2, -0.15) is 0 Å². The van der Waals surface area contributed by atoms with E-state index >= 15 is 0 Å². The van der Waals surface area contributed by atoms with Gasteiger partial charge in [0.05, 0.1) is 5.69 Å². The van der Waals surface area contributed by atoms with Crippen LogP contribution >= 0.6 is 15.9 Å². The molecule has 19 heavy (non-hydrogen) atoms. The first-order valence-corrected chi connectivity index (χ1v) is 7.58. The molecule has 0 spiro atoms. The van der Waals surface area contributed by atoms with Gasteiger partial charge in [0.1, 0.15) is 0 Å². The number of carbonyl (C=O) groups is 1. The molecule has 0 bridgehead atoms. The molecular weight excluding hydrogens is 304 g/mol. The van der Waals surface area contributed by atoms with Gasteiger partial charge in [-0.05, 0) is 79.4 Å². The van der Waals surface area contributed by atoms with Crippen LogP contribution in [0.25, 0.3) is 0 Å². The Balaban J connectivity index is 1.87. The molecule has 1 aliphatic rings. The summed E-state index contributed by atoms with van der Waals surface area (Å²) in [6, 6.07) is 5.98. The lowest BCUT2D eigenvalue weighted by molar-refractivity contribution is -0.117. The molecule has 104 valence electrons. The van der Waals surface area contributed by atoms with Gasteiger partial charge in [-0.3, -0.25) is 4.79 Å². The predicted molar refractivity (Wildman–Crippen MR) is 82.3 cm³/mol. The highest BCUT2D eigenvalue weighted by Gasteiger charge is 2.19. The fourth-order valence-electron chi connectivity index (χ4n) is 2.45. The van der Waals surface area contributed by atoms with Crippen molar-refractivity contribution in [3.8, 4) is 0 Å². The van der Waals surface area contributed by atoms with Gasteiger partial charge < -0.3 is 10.2 Å². The number of nitrogens with one attached hydrogen (secondary N) is 1. The van der Waals surface area contributed by atoms with Crippen LogP contribution in [0.4, 0.5) is 5.69 Å². The highest BCUT2D eigenvalue weighted by Crippen LogP contribution is 2.25. The summed E-state index contributed by atoms with van der Waals surface area (Å²) in [5, 5.41) is 3.00. The van der Waals surface area contributed by atoms with E-state index in [0.717, 1.165) is 36.1 Å². The molecule has 1 heterocycles. The molecule has 1 saturated heterocycles. The van der Waals surface area contributed by atoms with Crippen LogP contribution in [0.5, 0.6) is 0 Å². The summed E-state index contributed by atoms with van der Waals surface area (Å²) in [6.45, 7) is 4.24. The molecule has 1 fully saturated rings. The zero-order valence-electron chi connectivity index (χ0n) is 11.6. The van der Waals surface area contributed by atoms with E-state index in [1.165, 1.54) is 5.56 Å². The number of carbonyl (C=O) groups excluding carboxylic acids is 1. The van der Waals surface area contributed by atoms with E-state index in [4.69, 9.17) is 0 Å². The van der Waals surface area contributed by atoms with Crippen LogP contribution in [-0.2, 0) is 4.79 Å².